The van der Waals surface area contributed by atoms with E-state index in [4.69, 9.17) is 4.74 Å². The first-order chi connectivity index (χ1) is 14.5. The molecule has 4 aromatic rings. The average molecular weight is 483 g/mol. The summed E-state index contributed by atoms with van der Waals surface area (Å²) in [5.41, 5.74) is 4.91. The van der Waals surface area contributed by atoms with Gasteiger partial charge in [-0.15, -0.1) is 10.2 Å². The lowest BCUT2D eigenvalue weighted by Gasteiger charge is -2.08. The van der Waals surface area contributed by atoms with Crippen LogP contribution in [0.15, 0.2) is 53.0 Å². The van der Waals surface area contributed by atoms with Gasteiger partial charge in [0, 0.05) is 5.56 Å². The van der Waals surface area contributed by atoms with Crippen molar-refractivity contribution >= 4 is 33.2 Å². The number of carbonyl (C=O) groups excluding carboxylic acids is 1. The minimum Gasteiger partial charge on any atom is -0.461 e. The molecule has 2 heterocycles. The zero-order chi connectivity index (χ0) is 21.3. The van der Waals surface area contributed by atoms with Gasteiger partial charge in [0.1, 0.15) is 10.7 Å². The minimum absolute atomic E-state index is 0.211. The van der Waals surface area contributed by atoms with Gasteiger partial charge in [0.2, 0.25) is 0 Å². The van der Waals surface area contributed by atoms with Crippen LogP contribution in [0.1, 0.15) is 28.5 Å². The highest BCUT2D eigenvalue weighted by Crippen LogP contribution is 2.38. The summed E-state index contributed by atoms with van der Waals surface area (Å²) in [4.78, 5) is 12.5. The van der Waals surface area contributed by atoms with Crippen molar-refractivity contribution in [1.82, 2.24) is 20.0 Å². The van der Waals surface area contributed by atoms with E-state index in [0.29, 0.717) is 15.2 Å². The molecule has 30 heavy (non-hydrogen) atoms. The Labute approximate surface area is 186 Å². The van der Waals surface area contributed by atoms with Crippen LogP contribution < -0.4 is 0 Å². The number of para-hydroxylation sites is 1. The van der Waals surface area contributed by atoms with E-state index in [-0.39, 0.29) is 12.3 Å². The maximum atomic E-state index is 12.5. The Morgan fingerprint density at radius 3 is 2.60 bits per heavy atom. The third-order valence-electron chi connectivity index (χ3n) is 4.53. The van der Waals surface area contributed by atoms with Crippen molar-refractivity contribution in [2.45, 2.75) is 20.8 Å². The van der Waals surface area contributed by atoms with Crippen molar-refractivity contribution in [2.75, 3.05) is 6.61 Å². The molecule has 2 aromatic heterocycles. The molecule has 0 spiro atoms. The van der Waals surface area contributed by atoms with Gasteiger partial charge < -0.3 is 4.74 Å². The number of ether oxygens (including phenoxy) is 1. The largest absolute Gasteiger partial charge is 0.461 e. The number of carbonyl (C=O) groups is 1. The molecule has 0 aliphatic rings. The van der Waals surface area contributed by atoms with Gasteiger partial charge in [-0.25, -0.2) is 9.48 Å². The molecule has 0 atom stereocenters. The number of hydrogen-bond donors (Lipinski definition) is 0. The fraction of sp³-hybridized carbons (Fsp3) is 0.182. The Balaban J connectivity index is 1.89. The second-order valence-electron chi connectivity index (χ2n) is 6.71. The fourth-order valence-electron chi connectivity index (χ4n) is 3.10. The highest BCUT2D eigenvalue weighted by atomic mass is 79.9. The van der Waals surface area contributed by atoms with Crippen LogP contribution in [0.5, 0.6) is 0 Å². The standard InChI is InChI=1S/C22H19BrN4O2S/c1-4-29-22(28)18-17(23)19(27(26-18)16-11-6-5-9-14(16)3)21-25-24-20(30-21)15-10-7-8-13(2)12-15/h5-12H,4H2,1-3H3. The summed E-state index contributed by atoms with van der Waals surface area (Å²) in [6.07, 6.45) is 0. The number of esters is 1. The maximum Gasteiger partial charge on any atom is 0.360 e. The number of aryl methyl sites for hydroxylation is 2. The fourth-order valence-corrected chi connectivity index (χ4v) is 4.71. The lowest BCUT2D eigenvalue weighted by molar-refractivity contribution is 0.0518. The highest BCUT2D eigenvalue weighted by Gasteiger charge is 2.27. The van der Waals surface area contributed by atoms with Crippen LogP contribution in [0, 0.1) is 13.8 Å². The number of hydrogen-bond acceptors (Lipinski definition) is 6. The molecular formula is C22H19BrN4O2S. The zero-order valence-corrected chi connectivity index (χ0v) is 19.1. The molecule has 152 valence electrons. The van der Waals surface area contributed by atoms with E-state index in [1.165, 1.54) is 11.3 Å². The normalized spacial score (nSPS) is 10.9. The van der Waals surface area contributed by atoms with Gasteiger partial charge in [0.25, 0.3) is 0 Å². The Morgan fingerprint density at radius 1 is 1.10 bits per heavy atom. The van der Waals surface area contributed by atoms with E-state index < -0.39 is 5.97 Å². The lowest BCUT2D eigenvalue weighted by atomic mass is 10.1. The monoisotopic (exact) mass is 482 g/mol. The Morgan fingerprint density at radius 2 is 1.87 bits per heavy atom. The molecule has 0 amide bonds. The molecule has 0 radical (unpaired) electrons. The van der Waals surface area contributed by atoms with Gasteiger partial charge in [-0.1, -0.05) is 53.3 Å². The van der Waals surface area contributed by atoms with E-state index in [1.54, 1.807) is 11.6 Å². The van der Waals surface area contributed by atoms with Gasteiger partial charge >= 0.3 is 5.97 Å². The quantitative estimate of drug-likeness (QED) is 0.345. The minimum atomic E-state index is -0.485. The first-order valence-corrected chi connectivity index (χ1v) is 11.0. The van der Waals surface area contributed by atoms with Crippen molar-refractivity contribution in [3.8, 4) is 27.0 Å². The van der Waals surface area contributed by atoms with E-state index >= 15 is 0 Å². The first kappa shape index (κ1) is 20.4. The van der Waals surface area contributed by atoms with Crippen LogP contribution in [0.3, 0.4) is 0 Å². The van der Waals surface area contributed by atoms with Crippen molar-refractivity contribution < 1.29 is 9.53 Å². The van der Waals surface area contributed by atoms with Crippen LogP contribution in [0.4, 0.5) is 0 Å². The number of aromatic nitrogens is 4. The van der Waals surface area contributed by atoms with Crippen LogP contribution >= 0.6 is 27.3 Å². The number of nitrogens with zero attached hydrogens (tertiary/aromatic N) is 4. The van der Waals surface area contributed by atoms with Crippen LogP contribution in [0.25, 0.3) is 27.0 Å². The summed E-state index contributed by atoms with van der Waals surface area (Å²) < 4.78 is 7.46. The Bertz CT molecular complexity index is 1230. The summed E-state index contributed by atoms with van der Waals surface area (Å²) in [6, 6.07) is 16.0. The molecule has 2 aromatic carbocycles. The van der Waals surface area contributed by atoms with Gasteiger partial charge in [-0.05, 0) is 54.4 Å². The van der Waals surface area contributed by atoms with E-state index in [2.05, 4.69) is 37.3 Å². The molecule has 0 aliphatic carbocycles. The number of rotatable bonds is 5. The SMILES string of the molecule is CCOC(=O)c1nn(-c2ccccc2C)c(-c2nnc(-c3cccc(C)c3)s2)c1Br. The summed E-state index contributed by atoms with van der Waals surface area (Å²) in [6.45, 7) is 6.08. The molecule has 0 fully saturated rings. The molecule has 0 unspecified atom stereocenters. The zero-order valence-electron chi connectivity index (χ0n) is 16.7. The Hall–Kier alpha value is -2.84. The van der Waals surface area contributed by atoms with E-state index in [9.17, 15) is 4.79 Å². The van der Waals surface area contributed by atoms with Crippen LogP contribution in [-0.2, 0) is 4.74 Å². The van der Waals surface area contributed by atoms with Gasteiger partial charge in [0.15, 0.2) is 10.7 Å². The highest BCUT2D eigenvalue weighted by molar-refractivity contribution is 9.10. The lowest BCUT2D eigenvalue weighted by Crippen LogP contribution is -2.07. The van der Waals surface area contributed by atoms with Crippen LogP contribution in [0.2, 0.25) is 0 Å². The first-order valence-electron chi connectivity index (χ1n) is 9.42. The average Bonchev–Trinajstić information content (AvgIpc) is 3.33. The predicted octanol–water partition coefficient (Wildman–Crippen LogP) is 5.61. The summed E-state index contributed by atoms with van der Waals surface area (Å²) in [7, 11) is 0. The molecule has 0 N–H and O–H groups in total. The molecule has 6 nitrogen and oxygen atoms in total. The number of benzene rings is 2. The molecule has 0 aliphatic heterocycles. The molecule has 8 heteroatoms. The summed E-state index contributed by atoms with van der Waals surface area (Å²) in [5.74, 6) is -0.485. The number of halogens is 1. The van der Waals surface area contributed by atoms with E-state index in [1.807, 2.05) is 56.3 Å². The van der Waals surface area contributed by atoms with Crippen molar-refractivity contribution in [1.29, 1.82) is 0 Å². The second-order valence-corrected chi connectivity index (χ2v) is 8.48. The Kier molecular flexibility index (Phi) is 5.78. The molecule has 0 saturated carbocycles. The smallest absolute Gasteiger partial charge is 0.360 e. The predicted molar refractivity (Wildman–Crippen MR) is 121 cm³/mol. The summed E-state index contributed by atoms with van der Waals surface area (Å²) >= 11 is 5.01. The van der Waals surface area contributed by atoms with Gasteiger partial charge in [-0.3, -0.25) is 0 Å². The molecule has 0 bridgehead atoms. The van der Waals surface area contributed by atoms with Crippen molar-refractivity contribution in [3.63, 3.8) is 0 Å². The second kappa shape index (κ2) is 8.49. The third-order valence-corrected chi connectivity index (χ3v) is 6.26. The molecule has 4 rings (SSSR count). The third kappa shape index (κ3) is 3.80. The molecule has 0 saturated heterocycles. The topological polar surface area (TPSA) is 69.9 Å². The van der Waals surface area contributed by atoms with Gasteiger partial charge in [0.05, 0.1) is 16.8 Å². The van der Waals surface area contributed by atoms with E-state index in [0.717, 1.165) is 27.4 Å². The summed E-state index contributed by atoms with van der Waals surface area (Å²) in [5, 5.41) is 14.8. The van der Waals surface area contributed by atoms with Crippen molar-refractivity contribution in [3.05, 3.63) is 69.8 Å². The van der Waals surface area contributed by atoms with Crippen LogP contribution in [-0.4, -0.2) is 32.6 Å². The molecular weight excluding hydrogens is 464 g/mol. The maximum absolute atomic E-state index is 12.5. The van der Waals surface area contributed by atoms with Crippen molar-refractivity contribution in [2.24, 2.45) is 0 Å². The van der Waals surface area contributed by atoms with Gasteiger partial charge in [-0.2, -0.15) is 5.10 Å².